The molecule has 3 aromatic rings. The van der Waals surface area contributed by atoms with E-state index in [0.29, 0.717) is 30.2 Å². The first-order valence-corrected chi connectivity index (χ1v) is 12.8. The molecule has 0 aliphatic heterocycles. The highest BCUT2D eigenvalue weighted by Gasteiger charge is 2.29. The Labute approximate surface area is 212 Å². The summed E-state index contributed by atoms with van der Waals surface area (Å²) < 4.78 is 0.935. The molecule has 1 atom stereocenters. The molecule has 0 aromatic heterocycles. The van der Waals surface area contributed by atoms with Gasteiger partial charge in [-0.3, -0.25) is 9.59 Å². The van der Waals surface area contributed by atoms with Gasteiger partial charge in [0.05, 0.1) is 0 Å². The second-order valence-electron chi connectivity index (χ2n) is 7.52. The molecule has 0 saturated carbocycles. The fraction of sp³-hybridized carbons (Fsp3) is 0.231. The Morgan fingerprint density at radius 2 is 1.70 bits per heavy atom. The van der Waals surface area contributed by atoms with Crippen LogP contribution in [0.1, 0.15) is 17.5 Å². The number of hydrogen-bond donors (Lipinski definition) is 1. The first-order chi connectivity index (χ1) is 16.0. The summed E-state index contributed by atoms with van der Waals surface area (Å²) in [6.45, 7) is 0.356. The van der Waals surface area contributed by atoms with Gasteiger partial charge in [0, 0.05) is 46.6 Å². The summed E-state index contributed by atoms with van der Waals surface area (Å²) in [5, 5.41) is 3.43. The lowest BCUT2D eigenvalue weighted by Gasteiger charge is -2.31. The maximum atomic E-state index is 13.4. The Kier molecular flexibility index (Phi) is 9.85. The number of carbonyl (C=O) groups excluding carboxylic acids is 2. The van der Waals surface area contributed by atoms with Gasteiger partial charge in [-0.05, 0) is 47.5 Å². The quantitative estimate of drug-likeness (QED) is 0.319. The van der Waals surface area contributed by atoms with E-state index in [-0.39, 0.29) is 11.8 Å². The lowest BCUT2D eigenvalue weighted by molar-refractivity contribution is -0.140. The average Bonchev–Trinajstić information content (AvgIpc) is 2.82. The lowest BCUT2D eigenvalue weighted by Crippen LogP contribution is -2.49. The highest BCUT2D eigenvalue weighted by Crippen LogP contribution is 2.23. The van der Waals surface area contributed by atoms with Crippen molar-refractivity contribution in [3.05, 3.63) is 99.5 Å². The van der Waals surface area contributed by atoms with E-state index in [9.17, 15) is 9.59 Å². The van der Waals surface area contributed by atoms with Crippen molar-refractivity contribution in [3.63, 3.8) is 0 Å². The third kappa shape index (κ3) is 7.91. The Morgan fingerprint density at radius 3 is 2.36 bits per heavy atom. The molecular formula is C26H26BrClN2O2S. The molecule has 0 saturated heterocycles. The molecule has 7 heteroatoms. The number of amides is 2. The number of rotatable bonds is 10. The number of nitrogens with one attached hydrogen (secondary N) is 1. The number of hydrogen-bond acceptors (Lipinski definition) is 3. The molecule has 0 fully saturated rings. The van der Waals surface area contributed by atoms with Crippen LogP contribution in [-0.2, 0) is 22.6 Å². The van der Waals surface area contributed by atoms with Crippen LogP contribution in [0.25, 0.3) is 0 Å². The maximum Gasteiger partial charge on any atom is 0.242 e. The van der Waals surface area contributed by atoms with Crippen LogP contribution < -0.4 is 5.32 Å². The summed E-state index contributed by atoms with van der Waals surface area (Å²) in [6, 6.07) is 24.6. The number of nitrogens with zero attached hydrogens (tertiary/aromatic N) is 1. The molecule has 3 rings (SSSR count). The summed E-state index contributed by atoms with van der Waals surface area (Å²) in [4.78, 5) is 29.1. The number of likely N-dealkylation sites (N-methyl/N-ethyl adjacent to an activating group) is 1. The van der Waals surface area contributed by atoms with Crippen LogP contribution in [-0.4, -0.2) is 35.6 Å². The highest BCUT2D eigenvalue weighted by molar-refractivity contribution is 9.10. The largest absolute Gasteiger partial charge is 0.357 e. The van der Waals surface area contributed by atoms with E-state index < -0.39 is 6.04 Å². The zero-order valence-corrected chi connectivity index (χ0v) is 21.5. The molecule has 0 aliphatic rings. The predicted molar refractivity (Wildman–Crippen MR) is 139 cm³/mol. The van der Waals surface area contributed by atoms with E-state index in [2.05, 4.69) is 21.2 Å². The Balaban J connectivity index is 1.80. The fourth-order valence-corrected chi connectivity index (χ4v) is 4.90. The molecule has 2 amide bonds. The van der Waals surface area contributed by atoms with Gasteiger partial charge in [-0.1, -0.05) is 70.0 Å². The zero-order valence-electron chi connectivity index (χ0n) is 18.3. The average molecular weight is 546 g/mol. The van der Waals surface area contributed by atoms with Crippen LogP contribution in [0.2, 0.25) is 5.02 Å². The van der Waals surface area contributed by atoms with Gasteiger partial charge in [0.2, 0.25) is 11.8 Å². The zero-order chi connectivity index (χ0) is 23.6. The molecule has 0 heterocycles. The highest BCUT2D eigenvalue weighted by atomic mass is 79.9. The smallest absolute Gasteiger partial charge is 0.242 e. The van der Waals surface area contributed by atoms with E-state index in [1.807, 2.05) is 78.9 Å². The second-order valence-corrected chi connectivity index (χ2v) is 10.0. The summed E-state index contributed by atoms with van der Waals surface area (Å²) >= 11 is 11.1. The third-order valence-corrected chi connectivity index (χ3v) is 6.92. The molecule has 1 N–H and O–H groups in total. The lowest BCUT2D eigenvalue weighted by atomic mass is 10.0. The van der Waals surface area contributed by atoms with Crippen molar-refractivity contribution >= 4 is 51.1 Å². The number of halogens is 2. The van der Waals surface area contributed by atoms with Gasteiger partial charge >= 0.3 is 0 Å². The minimum atomic E-state index is -0.607. The number of benzene rings is 3. The van der Waals surface area contributed by atoms with E-state index in [4.69, 9.17) is 11.6 Å². The first-order valence-electron chi connectivity index (χ1n) is 10.6. The maximum absolute atomic E-state index is 13.4. The normalized spacial score (nSPS) is 11.6. The standard InChI is InChI=1S/C26H26BrClN2O2S/c1-29-26(32)24(17-19-6-3-2-4-7-19)30(18-20-8-5-9-21(27)16-20)25(31)14-15-33-23-12-10-22(28)11-13-23/h2-13,16,24H,14-15,17-18H2,1H3,(H,29,32)/t24-/m1/s1. The van der Waals surface area contributed by atoms with Gasteiger partial charge in [0.15, 0.2) is 0 Å². The Morgan fingerprint density at radius 1 is 1.00 bits per heavy atom. The van der Waals surface area contributed by atoms with E-state index in [0.717, 1.165) is 20.5 Å². The second kappa shape index (κ2) is 12.8. The molecule has 172 valence electrons. The monoisotopic (exact) mass is 544 g/mol. The van der Waals surface area contributed by atoms with Crippen LogP contribution in [0, 0.1) is 0 Å². The molecule has 0 aliphatic carbocycles. The van der Waals surface area contributed by atoms with Gasteiger partial charge in [0.1, 0.15) is 6.04 Å². The Hall–Kier alpha value is -2.28. The molecule has 0 spiro atoms. The fourth-order valence-electron chi connectivity index (χ4n) is 3.48. The number of thioether (sulfide) groups is 1. The third-order valence-electron chi connectivity index (χ3n) is 5.16. The predicted octanol–water partition coefficient (Wildman–Crippen LogP) is 5.97. The van der Waals surface area contributed by atoms with Crippen molar-refractivity contribution in [2.24, 2.45) is 0 Å². The van der Waals surface area contributed by atoms with Crippen LogP contribution in [0.15, 0.2) is 88.2 Å². The van der Waals surface area contributed by atoms with Crippen molar-refractivity contribution in [3.8, 4) is 0 Å². The van der Waals surface area contributed by atoms with Crippen LogP contribution in [0.3, 0.4) is 0 Å². The summed E-state index contributed by atoms with van der Waals surface area (Å²) in [7, 11) is 1.61. The summed E-state index contributed by atoms with van der Waals surface area (Å²) in [5.41, 5.74) is 1.97. The molecule has 0 bridgehead atoms. The van der Waals surface area contributed by atoms with Crippen molar-refractivity contribution in [2.75, 3.05) is 12.8 Å². The van der Waals surface area contributed by atoms with E-state index in [1.165, 1.54) is 0 Å². The SMILES string of the molecule is CNC(=O)[C@@H](Cc1ccccc1)N(Cc1cccc(Br)c1)C(=O)CCSc1ccc(Cl)cc1. The summed E-state index contributed by atoms with van der Waals surface area (Å²) in [5.74, 6) is 0.384. The van der Waals surface area contributed by atoms with E-state index >= 15 is 0 Å². The topological polar surface area (TPSA) is 49.4 Å². The molecular weight excluding hydrogens is 520 g/mol. The first kappa shape index (κ1) is 25.3. The van der Waals surface area contributed by atoms with E-state index in [1.54, 1.807) is 23.7 Å². The van der Waals surface area contributed by atoms with Crippen LogP contribution in [0.5, 0.6) is 0 Å². The molecule has 33 heavy (non-hydrogen) atoms. The van der Waals surface area contributed by atoms with Gasteiger partial charge in [-0.25, -0.2) is 0 Å². The van der Waals surface area contributed by atoms with Crippen LogP contribution >= 0.6 is 39.3 Å². The molecule has 0 unspecified atom stereocenters. The minimum absolute atomic E-state index is 0.0547. The minimum Gasteiger partial charge on any atom is -0.357 e. The van der Waals surface area contributed by atoms with Gasteiger partial charge in [-0.2, -0.15) is 0 Å². The van der Waals surface area contributed by atoms with Crippen molar-refractivity contribution in [1.29, 1.82) is 0 Å². The van der Waals surface area contributed by atoms with Gasteiger partial charge in [0.25, 0.3) is 0 Å². The molecule has 3 aromatic carbocycles. The summed E-state index contributed by atoms with van der Waals surface area (Å²) in [6.07, 6.45) is 0.772. The van der Waals surface area contributed by atoms with Crippen LogP contribution in [0.4, 0.5) is 0 Å². The Bertz CT molecular complexity index is 1060. The number of carbonyl (C=O) groups is 2. The molecule has 4 nitrogen and oxygen atoms in total. The van der Waals surface area contributed by atoms with Gasteiger partial charge < -0.3 is 10.2 Å². The van der Waals surface area contributed by atoms with Crippen molar-refractivity contribution < 1.29 is 9.59 Å². The molecule has 0 radical (unpaired) electrons. The van der Waals surface area contributed by atoms with Crippen molar-refractivity contribution in [2.45, 2.75) is 30.3 Å². The van der Waals surface area contributed by atoms with Crippen molar-refractivity contribution in [1.82, 2.24) is 10.2 Å². The van der Waals surface area contributed by atoms with Gasteiger partial charge in [-0.15, -0.1) is 11.8 Å².